The molecule has 1 atom stereocenters. The number of nitrogens with zero attached hydrogens (tertiary/aromatic N) is 2. The molecule has 2 saturated heterocycles. The highest BCUT2D eigenvalue weighted by atomic mass is 16.5. The van der Waals surface area contributed by atoms with Crippen molar-refractivity contribution in [2.75, 3.05) is 26.3 Å². The lowest BCUT2D eigenvalue weighted by atomic mass is 9.76. The Morgan fingerprint density at radius 2 is 2.04 bits per heavy atom. The molecule has 0 N–H and O–H groups in total. The fourth-order valence-electron chi connectivity index (χ4n) is 3.95. The molecule has 0 bridgehead atoms. The van der Waals surface area contributed by atoms with E-state index in [1.165, 1.54) is 12.8 Å². The largest absolute Gasteiger partial charge is 0.468 e. The second kappa shape index (κ2) is 7.68. The third-order valence-corrected chi connectivity index (χ3v) is 5.48. The second-order valence-corrected chi connectivity index (χ2v) is 7.36. The molecule has 134 valence electrons. The summed E-state index contributed by atoms with van der Waals surface area (Å²) in [6, 6.07) is 8.00. The number of ether oxygens (including phenoxy) is 2. The molecule has 2 aliphatic heterocycles. The minimum absolute atomic E-state index is 0.235. The van der Waals surface area contributed by atoms with Crippen molar-refractivity contribution in [3.8, 4) is 0 Å². The molecule has 0 aliphatic carbocycles. The van der Waals surface area contributed by atoms with Gasteiger partial charge in [0, 0.05) is 12.4 Å². The van der Waals surface area contributed by atoms with E-state index in [0.717, 1.165) is 44.0 Å². The van der Waals surface area contributed by atoms with Crippen molar-refractivity contribution >= 4 is 0 Å². The van der Waals surface area contributed by atoms with E-state index in [4.69, 9.17) is 13.9 Å². The molecular formula is C20H26N2O3. The summed E-state index contributed by atoms with van der Waals surface area (Å²) >= 11 is 0. The van der Waals surface area contributed by atoms with Crippen LogP contribution in [0.1, 0.15) is 30.6 Å². The van der Waals surface area contributed by atoms with Crippen LogP contribution < -0.4 is 0 Å². The Morgan fingerprint density at radius 3 is 2.80 bits per heavy atom. The molecule has 0 aromatic carbocycles. The fourth-order valence-corrected chi connectivity index (χ4v) is 3.95. The zero-order valence-corrected chi connectivity index (χ0v) is 14.6. The van der Waals surface area contributed by atoms with Crippen molar-refractivity contribution in [3.05, 3.63) is 54.2 Å². The van der Waals surface area contributed by atoms with E-state index in [9.17, 15) is 0 Å². The van der Waals surface area contributed by atoms with Gasteiger partial charge in [0.15, 0.2) is 0 Å². The topological polar surface area (TPSA) is 47.7 Å². The molecule has 25 heavy (non-hydrogen) atoms. The van der Waals surface area contributed by atoms with Gasteiger partial charge in [-0.3, -0.25) is 9.88 Å². The number of hydrogen-bond donors (Lipinski definition) is 0. The number of hydrogen-bond acceptors (Lipinski definition) is 5. The molecule has 5 heteroatoms. The number of piperidine rings is 1. The second-order valence-electron chi connectivity index (χ2n) is 7.36. The minimum atomic E-state index is 0.235. The monoisotopic (exact) mass is 342 g/mol. The Kier molecular flexibility index (Phi) is 5.15. The maximum Gasteiger partial charge on any atom is 0.117 e. The first kappa shape index (κ1) is 16.8. The van der Waals surface area contributed by atoms with E-state index >= 15 is 0 Å². The van der Waals surface area contributed by atoms with E-state index in [-0.39, 0.29) is 6.10 Å². The van der Waals surface area contributed by atoms with Crippen LogP contribution in [0.25, 0.3) is 0 Å². The molecule has 2 fully saturated rings. The fraction of sp³-hybridized carbons (Fsp3) is 0.550. The molecule has 5 nitrogen and oxygen atoms in total. The van der Waals surface area contributed by atoms with Gasteiger partial charge in [-0.05, 0) is 67.6 Å². The molecule has 4 rings (SSSR count). The number of rotatable bonds is 6. The molecule has 2 aromatic rings. The van der Waals surface area contributed by atoms with Gasteiger partial charge in [-0.1, -0.05) is 0 Å². The summed E-state index contributed by atoms with van der Waals surface area (Å²) in [6.07, 6.45) is 9.12. The highest BCUT2D eigenvalue weighted by Gasteiger charge is 2.42. The summed E-state index contributed by atoms with van der Waals surface area (Å²) < 4.78 is 17.4. The van der Waals surface area contributed by atoms with Crippen LogP contribution in [0.2, 0.25) is 0 Å². The summed E-state index contributed by atoms with van der Waals surface area (Å²) in [5.74, 6) is 1.06. The standard InChI is InChI=1S/C20H26N2O3/c1-2-18(24-11-1)13-22-9-5-20(6-10-22)12-19(25-16-20)15-23-14-17-3-7-21-8-4-17/h1-4,7-8,11,19H,5-6,9-10,12-16H2. The number of aromatic nitrogens is 1. The average molecular weight is 342 g/mol. The zero-order valence-electron chi connectivity index (χ0n) is 14.6. The van der Waals surface area contributed by atoms with Gasteiger partial charge in [-0.2, -0.15) is 0 Å². The lowest BCUT2D eigenvalue weighted by Gasteiger charge is -2.38. The highest BCUT2D eigenvalue weighted by Crippen LogP contribution is 2.42. The Morgan fingerprint density at radius 1 is 1.20 bits per heavy atom. The van der Waals surface area contributed by atoms with Crippen LogP contribution >= 0.6 is 0 Å². The van der Waals surface area contributed by atoms with E-state index in [0.29, 0.717) is 18.6 Å². The first-order valence-electron chi connectivity index (χ1n) is 9.14. The molecule has 4 heterocycles. The normalized spacial score (nSPS) is 23.3. The van der Waals surface area contributed by atoms with Gasteiger partial charge >= 0.3 is 0 Å². The molecule has 2 aromatic heterocycles. The summed E-state index contributed by atoms with van der Waals surface area (Å²) in [6.45, 7) is 5.35. The predicted octanol–water partition coefficient (Wildman–Crippen LogP) is 3.26. The van der Waals surface area contributed by atoms with Crippen molar-refractivity contribution in [2.24, 2.45) is 5.41 Å². The average Bonchev–Trinajstić information content (AvgIpc) is 3.29. The van der Waals surface area contributed by atoms with Crippen LogP contribution in [-0.2, 0) is 22.6 Å². The summed E-state index contributed by atoms with van der Waals surface area (Å²) in [5.41, 5.74) is 1.51. The van der Waals surface area contributed by atoms with E-state index < -0.39 is 0 Å². The first-order valence-corrected chi connectivity index (χ1v) is 9.14. The third-order valence-electron chi connectivity index (χ3n) is 5.48. The van der Waals surface area contributed by atoms with Crippen molar-refractivity contribution < 1.29 is 13.9 Å². The van der Waals surface area contributed by atoms with Crippen LogP contribution in [0.5, 0.6) is 0 Å². The van der Waals surface area contributed by atoms with Gasteiger partial charge in [0.2, 0.25) is 0 Å². The zero-order chi connectivity index (χ0) is 17.0. The lowest BCUT2D eigenvalue weighted by Crippen LogP contribution is -2.40. The van der Waals surface area contributed by atoms with Crippen LogP contribution in [-0.4, -0.2) is 42.3 Å². The van der Waals surface area contributed by atoms with Gasteiger partial charge in [0.05, 0.1) is 38.7 Å². The van der Waals surface area contributed by atoms with E-state index in [1.54, 1.807) is 18.7 Å². The first-order chi connectivity index (χ1) is 12.3. The molecule has 0 amide bonds. The lowest BCUT2D eigenvalue weighted by molar-refractivity contribution is 0.00623. The minimum Gasteiger partial charge on any atom is -0.468 e. The Bertz CT molecular complexity index is 636. The van der Waals surface area contributed by atoms with Crippen molar-refractivity contribution in [3.63, 3.8) is 0 Å². The van der Waals surface area contributed by atoms with Crippen molar-refractivity contribution in [1.82, 2.24) is 9.88 Å². The molecule has 1 unspecified atom stereocenters. The number of likely N-dealkylation sites (tertiary alicyclic amines) is 1. The van der Waals surface area contributed by atoms with Gasteiger partial charge in [0.25, 0.3) is 0 Å². The highest BCUT2D eigenvalue weighted by molar-refractivity contribution is 5.08. The smallest absolute Gasteiger partial charge is 0.117 e. The van der Waals surface area contributed by atoms with Crippen molar-refractivity contribution in [1.29, 1.82) is 0 Å². The van der Waals surface area contributed by atoms with Crippen LogP contribution in [0, 0.1) is 5.41 Å². The van der Waals surface area contributed by atoms with Crippen LogP contribution in [0.4, 0.5) is 0 Å². The van der Waals surface area contributed by atoms with Gasteiger partial charge in [-0.25, -0.2) is 0 Å². The van der Waals surface area contributed by atoms with Crippen LogP contribution in [0.3, 0.4) is 0 Å². The van der Waals surface area contributed by atoms with Gasteiger partial charge in [-0.15, -0.1) is 0 Å². The van der Waals surface area contributed by atoms with E-state index in [2.05, 4.69) is 16.0 Å². The Hall–Kier alpha value is -1.69. The molecule has 0 radical (unpaired) electrons. The predicted molar refractivity (Wildman–Crippen MR) is 93.9 cm³/mol. The van der Waals surface area contributed by atoms with E-state index in [1.807, 2.05) is 18.2 Å². The number of furan rings is 1. The molecule has 2 aliphatic rings. The molecular weight excluding hydrogens is 316 g/mol. The third kappa shape index (κ3) is 4.29. The summed E-state index contributed by atoms with van der Waals surface area (Å²) in [7, 11) is 0. The van der Waals surface area contributed by atoms with Crippen molar-refractivity contribution in [2.45, 2.75) is 38.5 Å². The van der Waals surface area contributed by atoms with Crippen LogP contribution in [0.15, 0.2) is 47.3 Å². The summed E-state index contributed by atoms with van der Waals surface area (Å²) in [4.78, 5) is 6.51. The number of pyridine rings is 1. The SMILES string of the molecule is c1coc(CN2CCC3(CC2)COC(COCc2ccncc2)C3)c1. The van der Waals surface area contributed by atoms with Gasteiger partial charge in [0.1, 0.15) is 5.76 Å². The Labute approximate surface area is 148 Å². The molecule has 0 saturated carbocycles. The molecule has 1 spiro atoms. The maximum atomic E-state index is 6.05. The Balaban J connectivity index is 1.20. The maximum absolute atomic E-state index is 6.05. The summed E-state index contributed by atoms with van der Waals surface area (Å²) in [5, 5.41) is 0. The van der Waals surface area contributed by atoms with Gasteiger partial charge < -0.3 is 13.9 Å². The quantitative estimate of drug-likeness (QED) is 0.806.